The number of nitrogens with zero attached hydrogens (tertiary/aromatic N) is 2. The fourth-order valence-corrected chi connectivity index (χ4v) is 3.16. The van der Waals surface area contributed by atoms with Crippen LogP contribution in [0.25, 0.3) is 0 Å². The third-order valence-corrected chi connectivity index (χ3v) is 4.54. The SMILES string of the molecule is C[C@H](Oc1ccccc1F)C(=O)N1CCN(C)C[C@H]1c1ccccc1. The highest BCUT2D eigenvalue weighted by molar-refractivity contribution is 5.81. The number of rotatable bonds is 4. The first-order valence-electron chi connectivity index (χ1n) is 8.51. The summed E-state index contributed by atoms with van der Waals surface area (Å²) in [6, 6.07) is 16.1. The molecule has 5 heteroatoms. The van der Waals surface area contributed by atoms with E-state index in [1.807, 2.05) is 35.2 Å². The van der Waals surface area contributed by atoms with Crippen molar-refractivity contribution in [2.24, 2.45) is 0 Å². The molecule has 2 aromatic rings. The summed E-state index contributed by atoms with van der Waals surface area (Å²) in [5, 5.41) is 0. The minimum absolute atomic E-state index is 0.0286. The Bertz CT molecular complexity index is 723. The lowest BCUT2D eigenvalue weighted by Gasteiger charge is -2.41. The van der Waals surface area contributed by atoms with Gasteiger partial charge in [-0.1, -0.05) is 42.5 Å². The van der Waals surface area contributed by atoms with Gasteiger partial charge in [0.1, 0.15) is 0 Å². The molecule has 3 rings (SSSR count). The normalized spacial score (nSPS) is 19.5. The first-order valence-corrected chi connectivity index (χ1v) is 8.51. The number of benzene rings is 2. The lowest BCUT2D eigenvalue weighted by molar-refractivity contribution is -0.143. The number of carbonyl (C=O) groups is 1. The number of hydrogen-bond donors (Lipinski definition) is 0. The average Bonchev–Trinajstić information content (AvgIpc) is 2.63. The van der Waals surface area contributed by atoms with Crippen LogP contribution in [0.4, 0.5) is 4.39 Å². The Balaban J connectivity index is 1.77. The smallest absolute Gasteiger partial charge is 0.263 e. The van der Waals surface area contributed by atoms with Gasteiger partial charge < -0.3 is 14.5 Å². The minimum atomic E-state index is -0.744. The zero-order chi connectivity index (χ0) is 17.8. The van der Waals surface area contributed by atoms with E-state index < -0.39 is 11.9 Å². The average molecular weight is 342 g/mol. The van der Waals surface area contributed by atoms with E-state index >= 15 is 0 Å². The van der Waals surface area contributed by atoms with Crippen molar-refractivity contribution < 1.29 is 13.9 Å². The quantitative estimate of drug-likeness (QED) is 0.856. The molecule has 0 unspecified atom stereocenters. The van der Waals surface area contributed by atoms with E-state index in [9.17, 15) is 9.18 Å². The minimum Gasteiger partial charge on any atom is -0.478 e. The number of ether oxygens (including phenoxy) is 1. The molecule has 0 saturated carbocycles. The molecule has 1 heterocycles. The van der Waals surface area contributed by atoms with E-state index in [2.05, 4.69) is 11.9 Å². The molecule has 1 fully saturated rings. The van der Waals surface area contributed by atoms with Crippen molar-refractivity contribution in [3.8, 4) is 5.75 Å². The van der Waals surface area contributed by atoms with Crippen molar-refractivity contribution in [1.82, 2.24) is 9.80 Å². The zero-order valence-electron chi connectivity index (χ0n) is 14.6. The second-order valence-corrected chi connectivity index (χ2v) is 6.41. The number of halogens is 1. The standard InChI is InChI=1S/C20H23FN2O2/c1-15(25-19-11-7-6-10-17(19)21)20(24)23-13-12-22(2)14-18(23)16-8-4-3-5-9-16/h3-11,15,18H,12-14H2,1-2H3/t15-,18-/m0/s1. The second kappa shape index (κ2) is 7.66. The molecule has 1 saturated heterocycles. The molecule has 4 nitrogen and oxygen atoms in total. The third kappa shape index (κ3) is 3.99. The Morgan fingerprint density at radius 3 is 2.52 bits per heavy atom. The maximum atomic E-state index is 13.8. The van der Waals surface area contributed by atoms with E-state index in [1.165, 1.54) is 12.1 Å². The predicted molar refractivity (Wildman–Crippen MR) is 94.9 cm³/mol. The highest BCUT2D eigenvalue weighted by Crippen LogP contribution is 2.26. The molecule has 1 aliphatic rings. The molecule has 0 N–H and O–H groups in total. The monoisotopic (exact) mass is 342 g/mol. The predicted octanol–water partition coefficient (Wildman–Crippen LogP) is 3.11. The summed E-state index contributed by atoms with van der Waals surface area (Å²) in [6.07, 6.45) is -0.744. The molecule has 1 amide bonds. The van der Waals surface area contributed by atoms with Crippen LogP contribution in [-0.4, -0.2) is 48.5 Å². The lowest BCUT2D eigenvalue weighted by atomic mass is 10.0. The molecule has 2 aromatic carbocycles. The summed E-state index contributed by atoms with van der Waals surface area (Å²) < 4.78 is 19.4. The van der Waals surface area contributed by atoms with Gasteiger partial charge in [0.25, 0.3) is 5.91 Å². The molecule has 0 spiro atoms. The lowest BCUT2D eigenvalue weighted by Crippen LogP contribution is -2.52. The third-order valence-electron chi connectivity index (χ3n) is 4.54. The first-order chi connectivity index (χ1) is 12.1. The van der Waals surface area contributed by atoms with Gasteiger partial charge in [0, 0.05) is 19.6 Å². The molecule has 0 aliphatic carbocycles. The maximum Gasteiger partial charge on any atom is 0.263 e. The highest BCUT2D eigenvalue weighted by Gasteiger charge is 2.33. The number of para-hydroxylation sites is 1. The number of amides is 1. The van der Waals surface area contributed by atoms with Crippen LogP contribution in [-0.2, 0) is 4.79 Å². The molecule has 132 valence electrons. The molecule has 0 aromatic heterocycles. The zero-order valence-corrected chi connectivity index (χ0v) is 14.6. The van der Waals surface area contributed by atoms with Gasteiger partial charge in [0.15, 0.2) is 17.7 Å². The van der Waals surface area contributed by atoms with Crippen molar-refractivity contribution in [2.45, 2.75) is 19.1 Å². The number of likely N-dealkylation sites (N-methyl/N-ethyl adjacent to an activating group) is 1. The van der Waals surface area contributed by atoms with Crippen molar-refractivity contribution in [1.29, 1.82) is 0 Å². The van der Waals surface area contributed by atoms with E-state index in [0.717, 1.165) is 18.7 Å². The van der Waals surface area contributed by atoms with E-state index in [4.69, 9.17) is 4.74 Å². The molecular weight excluding hydrogens is 319 g/mol. The summed E-state index contributed by atoms with van der Waals surface area (Å²) in [4.78, 5) is 17.0. The van der Waals surface area contributed by atoms with Crippen molar-refractivity contribution in [2.75, 3.05) is 26.7 Å². The van der Waals surface area contributed by atoms with Gasteiger partial charge in [-0.15, -0.1) is 0 Å². The summed E-state index contributed by atoms with van der Waals surface area (Å²) >= 11 is 0. The Labute approximate surface area is 147 Å². The molecule has 1 aliphatic heterocycles. The van der Waals surface area contributed by atoms with Crippen LogP contribution in [0.5, 0.6) is 5.75 Å². The van der Waals surface area contributed by atoms with Gasteiger partial charge in [-0.25, -0.2) is 4.39 Å². The summed E-state index contributed by atoms with van der Waals surface area (Å²) in [5.41, 5.74) is 1.10. The number of carbonyl (C=O) groups excluding carboxylic acids is 1. The van der Waals surface area contributed by atoms with Gasteiger partial charge in [0.2, 0.25) is 0 Å². The molecule has 0 bridgehead atoms. The van der Waals surface area contributed by atoms with Crippen molar-refractivity contribution in [3.63, 3.8) is 0 Å². The van der Waals surface area contributed by atoms with Crippen LogP contribution < -0.4 is 4.74 Å². The molecule has 25 heavy (non-hydrogen) atoms. The maximum absolute atomic E-state index is 13.8. The molecule has 2 atom stereocenters. The topological polar surface area (TPSA) is 32.8 Å². The van der Waals surface area contributed by atoms with Crippen molar-refractivity contribution >= 4 is 5.91 Å². The molecule has 0 radical (unpaired) electrons. The fourth-order valence-electron chi connectivity index (χ4n) is 3.16. The van der Waals surface area contributed by atoms with Gasteiger partial charge in [0.05, 0.1) is 6.04 Å². The van der Waals surface area contributed by atoms with Crippen LogP contribution in [0.3, 0.4) is 0 Å². The summed E-state index contributed by atoms with van der Waals surface area (Å²) in [6.45, 7) is 3.87. The Morgan fingerprint density at radius 2 is 1.80 bits per heavy atom. The summed E-state index contributed by atoms with van der Waals surface area (Å²) in [5.74, 6) is -0.473. The Morgan fingerprint density at radius 1 is 1.12 bits per heavy atom. The van der Waals surface area contributed by atoms with Crippen LogP contribution in [0.15, 0.2) is 54.6 Å². The molecular formula is C20H23FN2O2. The van der Waals surface area contributed by atoms with Crippen molar-refractivity contribution in [3.05, 3.63) is 66.0 Å². The van der Waals surface area contributed by atoms with Crippen LogP contribution in [0, 0.1) is 5.82 Å². The van der Waals surface area contributed by atoms with E-state index in [0.29, 0.717) is 6.54 Å². The largest absolute Gasteiger partial charge is 0.478 e. The van der Waals surface area contributed by atoms with Crippen LogP contribution >= 0.6 is 0 Å². The van der Waals surface area contributed by atoms with Gasteiger partial charge in [-0.2, -0.15) is 0 Å². The Kier molecular flexibility index (Phi) is 5.34. The van der Waals surface area contributed by atoms with Crippen LogP contribution in [0.1, 0.15) is 18.5 Å². The summed E-state index contributed by atoms with van der Waals surface area (Å²) in [7, 11) is 2.05. The van der Waals surface area contributed by atoms with Crippen LogP contribution in [0.2, 0.25) is 0 Å². The van der Waals surface area contributed by atoms with E-state index in [1.54, 1.807) is 19.1 Å². The highest BCUT2D eigenvalue weighted by atomic mass is 19.1. The van der Waals surface area contributed by atoms with E-state index in [-0.39, 0.29) is 17.7 Å². The first kappa shape index (κ1) is 17.4. The van der Waals surface area contributed by atoms with Gasteiger partial charge in [-0.3, -0.25) is 4.79 Å². The number of hydrogen-bond acceptors (Lipinski definition) is 3. The van der Waals surface area contributed by atoms with Gasteiger partial charge in [-0.05, 0) is 31.7 Å². The Hall–Kier alpha value is -2.40. The second-order valence-electron chi connectivity index (χ2n) is 6.41. The number of piperazine rings is 1. The fraction of sp³-hybridized carbons (Fsp3) is 0.350. The van der Waals surface area contributed by atoms with Gasteiger partial charge >= 0.3 is 0 Å².